The molecule has 0 N–H and O–H groups in total. The minimum Gasteiger partial charge on any atom is -0.328 e. The first-order valence-corrected chi connectivity index (χ1v) is 8.23. The van der Waals surface area contributed by atoms with E-state index in [9.17, 15) is 8.78 Å². The van der Waals surface area contributed by atoms with E-state index in [0.29, 0.717) is 17.9 Å². The maximum Gasteiger partial charge on any atom is 0.345 e. The quantitative estimate of drug-likeness (QED) is 0.596. The van der Waals surface area contributed by atoms with Crippen molar-refractivity contribution in [3.05, 3.63) is 47.3 Å². The lowest BCUT2D eigenvalue weighted by molar-refractivity contribution is -0.130. The van der Waals surface area contributed by atoms with Crippen molar-refractivity contribution in [1.82, 2.24) is 29.3 Å². The van der Waals surface area contributed by atoms with Crippen LogP contribution in [0.5, 0.6) is 0 Å². The first-order chi connectivity index (χ1) is 12.0. The molecule has 132 valence electrons. The van der Waals surface area contributed by atoms with Crippen LogP contribution < -0.4 is 0 Å². The molecule has 0 aromatic carbocycles. The number of rotatable bonds is 7. The normalized spacial score (nSPS) is 12.7. The van der Waals surface area contributed by atoms with Gasteiger partial charge in [0.05, 0.1) is 24.7 Å². The van der Waals surface area contributed by atoms with Crippen LogP contribution in [0.2, 0.25) is 0 Å². The fourth-order valence-electron chi connectivity index (χ4n) is 2.45. The molecule has 7 nitrogen and oxygen atoms in total. The predicted molar refractivity (Wildman–Crippen MR) is 88.9 cm³/mol. The first-order valence-electron chi connectivity index (χ1n) is 7.43. The summed E-state index contributed by atoms with van der Waals surface area (Å²) in [6.07, 6.45) is 6.85. The van der Waals surface area contributed by atoms with Crippen LogP contribution in [0.4, 0.5) is 8.78 Å². The van der Waals surface area contributed by atoms with E-state index < -0.39 is 6.61 Å². The second kappa shape index (κ2) is 7.79. The van der Waals surface area contributed by atoms with Crippen LogP contribution >= 0.6 is 15.9 Å². The molecule has 0 bridgehead atoms. The van der Waals surface area contributed by atoms with Crippen LogP contribution in [0.1, 0.15) is 18.2 Å². The fourth-order valence-corrected chi connectivity index (χ4v) is 2.69. The molecule has 0 fully saturated rings. The van der Waals surface area contributed by atoms with Crippen LogP contribution in [-0.4, -0.2) is 42.5 Å². The van der Waals surface area contributed by atoms with Gasteiger partial charge in [0, 0.05) is 23.9 Å². The van der Waals surface area contributed by atoms with Gasteiger partial charge in [-0.05, 0) is 34.5 Å². The van der Waals surface area contributed by atoms with Gasteiger partial charge < -0.3 is 9.30 Å². The maximum atomic E-state index is 12.3. The third kappa shape index (κ3) is 4.26. The molecule has 0 spiro atoms. The van der Waals surface area contributed by atoms with Crippen LogP contribution in [-0.2, 0) is 11.8 Å². The number of aryl methyl sites for hydroxylation is 1. The fraction of sp³-hybridized carbons (Fsp3) is 0.333. The summed E-state index contributed by atoms with van der Waals surface area (Å²) in [5.74, 6) is 0.616. The molecule has 10 heteroatoms. The monoisotopic (exact) mass is 412 g/mol. The third-order valence-electron chi connectivity index (χ3n) is 3.63. The Hall–Kier alpha value is -2.20. The van der Waals surface area contributed by atoms with Crippen LogP contribution in [0.15, 0.2) is 41.7 Å². The molecule has 0 aliphatic carbocycles. The number of imidazole rings is 1. The zero-order valence-corrected chi connectivity index (χ0v) is 14.8. The maximum absolute atomic E-state index is 12.3. The van der Waals surface area contributed by atoms with Crippen molar-refractivity contribution in [3.63, 3.8) is 0 Å². The second-order valence-corrected chi connectivity index (χ2v) is 6.17. The van der Waals surface area contributed by atoms with Gasteiger partial charge in [0.15, 0.2) is 5.82 Å². The van der Waals surface area contributed by atoms with Gasteiger partial charge >= 0.3 is 6.61 Å². The lowest BCUT2D eigenvalue weighted by Crippen LogP contribution is -2.14. The van der Waals surface area contributed by atoms with Crippen molar-refractivity contribution in [2.24, 2.45) is 7.05 Å². The zero-order chi connectivity index (χ0) is 17.8. The topological polar surface area (TPSA) is 70.7 Å². The van der Waals surface area contributed by atoms with Gasteiger partial charge in [0.25, 0.3) is 0 Å². The molecule has 0 saturated carbocycles. The second-order valence-electron chi connectivity index (χ2n) is 5.25. The molecule has 3 heterocycles. The number of hydrogen-bond donors (Lipinski definition) is 0. The van der Waals surface area contributed by atoms with Gasteiger partial charge in [-0.15, -0.1) is 0 Å². The molecular weight excluding hydrogens is 398 g/mol. The summed E-state index contributed by atoms with van der Waals surface area (Å²) in [7, 11) is 1.77. The molecular formula is C15H15BrF2N6O. The van der Waals surface area contributed by atoms with Gasteiger partial charge in [-0.2, -0.15) is 13.9 Å². The van der Waals surface area contributed by atoms with Crippen LogP contribution in [0, 0.1) is 0 Å². The van der Waals surface area contributed by atoms with Gasteiger partial charge in [-0.3, -0.25) is 4.98 Å². The number of nitrogens with zero attached hydrogens (tertiary/aromatic N) is 6. The Bertz CT molecular complexity index is 820. The predicted octanol–water partition coefficient (Wildman–Crippen LogP) is 3.05. The van der Waals surface area contributed by atoms with Crippen molar-refractivity contribution in [3.8, 4) is 11.5 Å². The van der Waals surface area contributed by atoms with Crippen molar-refractivity contribution >= 4 is 15.9 Å². The summed E-state index contributed by atoms with van der Waals surface area (Å²) in [6.45, 7) is -2.90. The van der Waals surface area contributed by atoms with Crippen molar-refractivity contribution in [2.45, 2.75) is 19.1 Å². The van der Waals surface area contributed by atoms with E-state index >= 15 is 0 Å². The number of halogens is 3. The highest BCUT2D eigenvalue weighted by molar-refractivity contribution is 9.10. The summed E-state index contributed by atoms with van der Waals surface area (Å²) in [4.78, 5) is 12.9. The van der Waals surface area contributed by atoms with E-state index in [-0.39, 0.29) is 12.6 Å². The molecule has 3 aromatic heterocycles. The Labute approximate surface area is 150 Å². The van der Waals surface area contributed by atoms with Gasteiger partial charge in [0.1, 0.15) is 12.0 Å². The van der Waals surface area contributed by atoms with E-state index in [1.165, 1.54) is 6.33 Å². The SMILES string of the molecule is Cn1ncnc1-c1cn(C(CCOC(F)F)c2ccc(Br)cn2)cn1. The minimum absolute atomic E-state index is 0.0997. The molecule has 3 rings (SSSR count). The minimum atomic E-state index is -2.80. The van der Waals surface area contributed by atoms with Crippen molar-refractivity contribution in [2.75, 3.05) is 6.61 Å². The summed E-state index contributed by atoms with van der Waals surface area (Å²) in [5.41, 5.74) is 1.36. The van der Waals surface area contributed by atoms with Crippen LogP contribution in [0.25, 0.3) is 11.5 Å². The highest BCUT2D eigenvalue weighted by Crippen LogP contribution is 2.24. The number of hydrogen-bond acceptors (Lipinski definition) is 5. The Kier molecular flexibility index (Phi) is 5.49. The highest BCUT2D eigenvalue weighted by Gasteiger charge is 2.18. The zero-order valence-electron chi connectivity index (χ0n) is 13.3. The highest BCUT2D eigenvalue weighted by atomic mass is 79.9. The molecule has 1 unspecified atom stereocenters. The first kappa shape index (κ1) is 17.6. The van der Waals surface area contributed by atoms with Gasteiger partial charge in [-0.25, -0.2) is 14.6 Å². The van der Waals surface area contributed by atoms with E-state index in [2.05, 4.69) is 40.7 Å². The lowest BCUT2D eigenvalue weighted by Gasteiger charge is -2.18. The van der Waals surface area contributed by atoms with Crippen molar-refractivity contribution < 1.29 is 13.5 Å². The van der Waals surface area contributed by atoms with E-state index in [0.717, 1.165) is 10.2 Å². The molecule has 25 heavy (non-hydrogen) atoms. The molecule has 1 atom stereocenters. The summed E-state index contributed by atoms with van der Waals surface area (Å²) >= 11 is 3.34. The number of aromatic nitrogens is 6. The Morgan fingerprint density at radius 1 is 1.24 bits per heavy atom. The smallest absolute Gasteiger partial charge is 0.328 e. The molecule has 0 amide bonds. The summed E-state index contributed by atoms with van der Waals surface area (Å²) in [6, 6.07) is 3.39. The standard InChI is InChI=1S/C15H15BrF2N6O/c1-23-14(20-8-22-23)12-7-24(9-21-12)13(4-5-25-15(17)18)11-3-2-10(16)6-19-11/h2-3,6-9,13,15H,4-5H2,1H3. The Morgan fingerprint density at radius 2 is 2.08 bits per heavy atom. The largest absolute Gasteiger partial charge is 0.345 e. The van der Waals surface area contributed by atoms with Crippen molar-refractivity contribution in [1.29, 1.82) is 0 Å². The van der Waals surface area contributed by atoms with E-state index in [1.807, 2.05) is 16.7 Å². The summed E-state index contributed by atoms with van der Waals surface area (Å²) < 4.78 is 33.3. The average Bonchev–Trinajstić information content (AvgIpc) is 3.21. The molecule has 0 saturated heterocycles. The number of ether oxygens (including phenoxy) is 1. The number of pyridine rings is 1. The number of alkyl halides is 2. The molecule has 3 aromatic rings. The van der Waals surface area contributed by atoms with Gasteiger partial charge in [0.2, 0.25) is 0 Å². The Morgan fingerprint density at radius 3 is 2.72 bits per heavy atom. The van der Waals surface area contributed by atoms with E-state index in [4.69, 9.17) is 0 Å². The molecule has 0 aliphatic heterocycles. The summed E-state index contributed by atoms with van der Waals surface area (Å²) in [5, 5.41) is 4.02. The third-order valence-corrected chi connectivity index (χ3v) is 4.10. The van der Waals surface area contributed by atoms with E-state index in [1.54, 1.807) is 30.5 Å². The Balaban J connectivity index is 1.87. The lowest BCUT2D eigenvalue weighted by atomic mass is 10.1. The molecule has 0 radical (unpaired) electrons. The van der Waals surface area contributed by atoms with Gasteiger partial charge in [-0.1, -0.05) is 0 Å². The molecule has 0 aliphatic rings. The van der Waals surface area contributed by atoms with Crippen LogP contribution in [0.3, 0.4) is 0 Å². The average molecular weight is 413 g/mol.